The van der Waals surface area contributed by atoms with Crippen molar-refractivity contribution in [2.75, 3.05) is 13.1 Å². The monoisotopic (exact) mass is 348 g/mol. The van der Waals surface area contributed by atoms with Crippen molar-refractivity contribution in [1.82, 2.24) is 29.8 Å². The smallest absolute Gasteiger partial charge is 0.326 e. The molecule has 0 saturated carbocycles. The summed E-state index contributed by atoms with van der Waals surface area (Å²) in [6.45, 7) is 6.48. The lowest BCUT2D eigenvalue weighted by molar-refractivity contribution is -0.141. The average molecular weight is 348 g/mol. The van der Waals surface area contributed by atoms with Crippen molar-refractivity contribution in [3.05, 3.63) is 23.3 Å². The summed E-state index contributed by atoms with van der Waals surface area (Å²) >= 11 is 0. The Hall–Kier alpha value is -3.04. The minimum atomic E-state index is -1.16. The van der Waals surface area contributed by atoms with Gasteiger partial charge in [-0.1, -0.05) is 0 Å². The summed E-state index contributed by atoms with van der Waals surface area (Å²) in [6, 6.07) is 0.702. The van der Waals surface area contributed by atoms with Crippen LogP contribution in [0.1, 0.15) is 35.9 Å². The number of amides is 2. The first-order valence-corrected chi connectivity index (χ1v) is 7.70. The van der Waals surface area contributed by atoms with Crippen molar-refractivity contribution >= 4 is 23.6 Å². The summed E-state index contributed by atoms with van der Waals surface area (Å²) < 4.78 is 1.43. The van der Waals surface area contributed by atoms with E-state index in [2.05, 4.69) is 20.4 Å². The molecule has 0 aliphatic rings. The Labute approximate surface area is 143 Å². The fourth-order valence-corrected chi connectivity index (χ4v) is 2.34. The van der Waals surface area contributed by atoms with Crippen LogP contribution in [0.3, 0.4) is 0 Å². The Morgan fingerprint density at radius 3 is 2.60 bits per heavy atom. The second-order valence-corrected chi connectivity index (χ2v) is 5.68. The minimum Gasteiger partial charge on any atom is -0.480 e. The zero-order chi connectivity index (χ0) is 18.7. The maximum atomic E-state index is 12.7. The molecule has 10 heteroatoms. The molecule has 0 saturated heterocycles. The van der Waals surface area contributed by atoms with Gasteiger partial charge in [0, 0.05) is 31.4 Å². The molecule has 0 aromatic carbocycles. The Morgan fingerprint density at radius 1 is 1.32 bits per heavy atom. The van der Waals surface area contributed by atoms with Crippen molar-refractivity contribution < 1.29 is 19.5 Å². The Bertz CT molecular complexity index is 831. The maximum absolute atomic E-state index is 12.7. The number of carbonyl (C=O) groups excluding carboxylic acids is 2. The van der Waals surface area contributed by atoms with Crippen molar-refractivity contribution in [1.29, 1.82) is 0 Å². The van der Waals surface area contributed by atoms with Crippen LogP contribution >= 0.6 is 0 Å². The number of aromatic nitrogens is 4. The van der Waals surface area contributed by atoms with E-state index in [0.29, 0.717) is 0 Å². The van der Waals surface area contributed by atoms with Crippen molar-refractivity contribution in [3.8, 4) is 0 Å². The third-order valence-electron chi connectivity index (χ3n) is 3.62. The molecule has 0 aliphatic heterocycles. The molecule has 2 aromatic rings. The van der Waals surface area contributed by atoms with Crippen LogP contribution in [0, 0.1) is 13.8 Å². The van der Waals surface area contributed by atoms with Crippen LogP contribution in [-0.4, -0.2) is 66.5 Å². The number of hydrogen-bond donors (Lipinski definition) is 2. The molecular formula is C15H20N6O4. The standard InChI is InChI=1S/C15H20N6O4/c1-8-7-9(2)21-15(17-8)18-12(19-21)13(23)20(10(3)14(24)25)6-5-16-11(4)22/h7,10H,5-6H2,1-4H3,(H,16,22)(H,24,25). The molecule has 0 spiro atoms. The van der Waals surface area contributed by atoms with Gasteiger partial charge >= 0.3 is 5.97 Å². The Morgan fingerprint density at radius 2 is 2.00 bits per heavy atom. The summed E-state index contributed by atoms with van der Waals surface area (Å²) in [4.78, 5) is 44.4. The van der Waals surface area contributed by atoms with Crippen LogP contribution in [0.2, 0.25) is 0 Å². The number of nitrogens with zero attached hydrogens (tertiary/aromatic N) is 5. The Balaban J connectivity index is 2.33. The van der Waals surface area contributed by atoms with E-state index in [-0.39, 0.29) is 30.6 Å². The van der Waals surface area contributed by atoms with Gasteiger partial charge in [0.05, 0.1) is 0 Å². The highest BCUT2D eigenvalue weighted by Gasteiger charge is 2.29. The van der Waals surface area contributed by atoms with Gasteiger partial charge in [0.15, 0.2) is 0 Å². The summed E-state index contributed by atoms with van der Waals surface area (Å²) in [6.07, 6.45) is 0. The number of carbonyl (C=O) groups is 3. The van der Waals surface area contributed by atoms with Crippen LogP contribution in [0.25, 0.3) is 5.78 Å². The number of aliphatic carboxylic acids is 1. The van der Waals surface area contributed by atoms with Gasteiger partial charge in [-0.15, -0.1) is 5.10 Å². The van der Waals surface area contributed by atoms with E-state index in [9.17, 15) is 19.5 Å². The molecule has 0 fully saturated rings. The van der Waals surface area contributed by atoms with Gasteiger partial charge in [-0.3, -0.25) is 9.59 Å². The number of carboxylic acids is 1. The molecule has 25 heavy (non-hydrogen) atoms. The van der Waals surface area contributed by atoms with E-state index in [1.807, 2.05) is 0 Å². The zero-order valence-corrected chi connectivity index (χ0v) is 14.5. The first-order chi connectivity index (χ1) is 11.7. The van der Waals surface area contributed by atoms with Crippen LogP contribution in [-0.2, 0) is 9.59 Å². The van der Waals surface area contributed by atoms with Crippen molar-refractivity contribution in [2.45, 2.75) is 33.7 Å². The van der Waals surface area contributed by atoms with E-state index in [1.165, 1.54) is 18.4 Å². The predicted molar refractivity (Wildman–Crippen MR) is 87.1 cm³/mol. The van der Waals surface area contributed by atoms with Gasteiger partial charge in [0.2, 0.25) is 11.7 Å². The second-order valence-electron chi connectivity index (χ2n) is 5.68. The van der Waals surface area contributed by atoms with E-state index < -0.39 is 17.9 Å². The van der Waals surface area contributed by atoms with Crippen LogP contribution in [0.4, 0.5) is 0 Å². The van der Waals surface area contributed by atoms with Gasteiger partial charge in [0.25, 0.3) is 11.7 Å². The minimum absolute atomic E-state index is 0.0207. The predicted octanol–water partition coefficient (Wildman–Crippen LogP) is -0.207. The Kier molecular flexibility index (Phi) is 5.30. The fraction of sp³-hybridized carbons (Fsp3) is 0.467. The molecule has 2 N–H and O–H groups in total. The molecule has 10 nitrogen and oxygen atoms in total. The van der Waals surface area contributed by atoms with Gasteiger partial charge < -0.3 is 15.3 Å². The van der Waals surface area contributed by atoms with E-state index >= 15 is 0 Å². The van der Waals surface area contributed by atoms with Crippen LogP contribution in [0.5, 0.6) is 0 Å². The quantitative estimate of drug-likeness (QED) is 0.739. The van der Waals surface area contributed by atoms with Gasteiger partial charge in [-0.2, -0.15) is 4.98 Å². The number of rotatable bonds is 6. The molecule has 1 atom stereocenters. The number of hydrogen-bond acceptors (Lipinski definition) is 6. The number of fused-ring (bicyclic) bond motifs is 1. The summed E-state index contributed by atoms with van der Waals surface area (Å²) in [7, 11) is 0. The molecule has 0 aliphatic carbocycles. The molecule has 2 rings (SSSR count). The average Bonchev–Trinajstić information content (AvgIpc) is 2.94. The first-order valence-electron chi connectivity index (χ1n) is 7.70. The first kappa shape index (κ1) is 18.3. The lowest BCUT2D eigenvalue weighted by atomic mass is 10.2. The molecule has 2 heterocycles. The third-order valence-corrected chi connectivity index (χ3v) is 3.62. The highest BCUT2D eigenvalue weighted by atomic mass is 16.4. The topological polar surface area (TPSA) is 130 Å². The highest BCUT2D eigenvalue weighted by Crippen LogP contribution is 2.09. The summed E-state index contributed by atoms with van der Waals surface area (Å²) in [5, 5.41) is 15.9. The lowest BCUT2D eigenvalue weighted by Crippen LogP contribution is -2.47. The van der Waals surface area contributed by atoms with E-state index in [4.69, 9.17) is 0 Å². The molecule has 1 unspecified atom stereocenters. The van der Waals surface area contributed by atoms with E-state index in [1.54, 1.807) is 19.9 Å². The van der Waals surface area contributed by atoms with Gasteiger partial charge in [-0.05, 0) is 26.8 Å². The lowest BCUT2D eigenvalue weighted by Gasteiger charge is -2.25. The normalized spacial score (nSPS) is 12.0. The molecule has 134 valence electrons. The molecule has 2 amide bonds. The van der Waals surface area contributed by atoms with Gasteiger partial charge in [0.1, 0.15) is 6.04 Å². The number of nitrogens with one attached hydrogen (secondary N) is 1. The number of carboxylic acid groups (broad SMARTS) is 1. The van der Waals surface area contributed by atoms with Crippen LogP contribution < -0.4 is 5.32 Å². The second kappa shape index (κ2) is 7.24. The fourth-order valence-electron chi connectivity index (χ4n) is 2.34. The number of aryl methyl sites for hydroxylation is 2. The van der Waals surface area contributed by atoms with Crippen molar-refractivity contribution in [2.24, 2.45) is 0 Å². The summed E-state index contributed by atoms with van der Waals surface area (Å²) in [5.41, 5.74) is 1.49. The SMILES string of the molecule is CC(=O)NCCN(C(=O)c1nc2nc(C)cc(C)n2n1)C(C)C(=O)O. The highest BCUT2D eigenvalue weighted by molar-refractivity contribution is 5.93. The maximum Gasteiger partial charge on any atom is 0.326 e. The van der Waals surface area contributed by atoms with E-state index in [0.717, 1.165) is 16.3 Å². The largest absolute Gasteiger partial charge is 0.480 e. The molecule has 2 aromatic heterocycles. The van der Waals surface area contributed by atoms with Crippen molar-refractivity contribution in [3.63, 3.8) is 0 Å². The third kappa shape index (κ3) is 4.08. The zero-order valence-electron chi connectivity index (χ0n) is 14.5. The van der Waals surface area contributed by atoms with Crippen LogP contribution in [0.15, 0.2) is 6.07 Å². The van der Waals surface area contributed by atoms with Gasteiger partial charge in [-0.25, -0.2) is 14.3 Å². The molecular weight excluding hydrogens is 328 g/mol. The molecule has 0 bridgehead atoms. The molecule has 0 radical (unpaired) electrons. The summed E-state index contributed by atoms with van der Waals surface area (Å²) in [5.74, 6) is -1.94.